The fourth-order valence-corrected chi connectivity index (χ4v) is 4.08. The number of nitrogens with one attached hydrogen (secondary N) is 2. The summed E-state index contributed by atoms with van der Waals surface area (Å²) in [5, 5.41) is 6.45. The minimum atomic E-state index is -0.652. The Bertz CT molecular complexity index is 1470. The summed E-state index contributed by atoms with van der Waals surface area (Å²) >= 11 is 17.0. The number of methoxy groups -OCH3 is 2. The monoisotopic (exact) mass is 545 g/mol. The molecular formula is C25H18Cl2FN3O4S. The van der Waals surface area contributed by atoms with Gasteiger partial charge in [-0.15, -0.1) is 0 Å². The Hall–Kier alpha value is -3.66. The molecule has 0 bridgehead atoms. The van der Waals surface area contributed by atoms with Crippen LogP contribution in [0.3, 0.4) is 0 Å². The van der Waals surface area contributed by atoms with Crippen LogP contribution in [0, 0.1) is 5.82 Å². The number of thiocarbonyl (C=S) groups is 1. The maximum Gasteiger partial charge on any atom is 0.257 e. The molecule has 0 atom stereocenters. The van der Waals surface area contributed by atoms with Crippen LogP contribution in [0.15, 0.2) is 60.8 Å². The van der Waals surface area contributed by atoms with Crippen molar-refractivity contribution in [2.24, 2.45) is 0 Å². The predicted molar refractivity (Wildman–Crippen MR) is 141 cm³/mol. The molecule has 4 aromatic rings. The Morgan fingerprint density at radius 1 is 0.917 bits per heavy atom. The molecular weight excluding hydrogens is 528 g/mol. The van der Waals surface area contributed by atoms with Gasteiger partial charge in [0.15, 0.2) is 28.2 Å². The van der Waals surface area contributed by atoms with E-state index in [0.29, 0.717) is 43.9 Å². The van der Waals surface area contributed by atoms with E-state index in [1.807, 2.05) is 0 Å². The molecule has 1 heterocycles. The molecule has 0 aliphatic heterocycles. The molecule has 0 radical (unpaired) electrons. The lowest BCUT2D eigenvalue weighted by molar-refractivity contribution is 0.0977. The average molecular weight is 546 g/mol. The summed E-state index contributed by atoms with van der Waals surface area (Å²) < 4.78 is 31.4. The molecule has 2 N–H and O–H groups in total. The second-order valence-electron chi connectivity index (χ2n) is 7.35. The molecule has 4 rings (SSSR count). The van der Waals surface area contributed by atoms with Crippen molar-refractivity contribution < 1.29 is 23.4 Å². The molecule has 0 fully saturated rings. The number of amides is 1. The number of anilines is 1. The van der Waals surface area contributed by atoms with Gasteiger partial charge in [-0.2, -0.15) is 0 Å². The first-order chi connectivity index (χ1) is 17.3. The molecule has 184 valence electrons. The highest BCUT2D eigenvalue weighted by Crippen LogP contribution is 2.37. The van der Waals surface area contributed by atoms with Crippen LogP contribution in [0.2, 0.25) is 10.0 Å². The number of pyridine rings is 1. The van der Waals surface area contributed by atoms with Crippen molar-refractivity contribution in [1.82, 2.24) is 10.3 Å². The van der Waals surface area contributed by atoms with Crippen molar-refractivity contribution in [2.45, 2.75) is 0 Å². The Kier molecular flexibility index (Phi) is 7.73. The van der Waals surface area contributed by atoms with E-state index in [1.54, 1.807) is 30.5 Å². The van der Waals surface area contributed by atoms with Crippen molar-refractivity contribution in [3.8, 4) is 23.0 Å². The van der Waals surface area contributed by atoms with Crippen LogP contribution in [-0.4, -0.2) is 30.2 Å². The van der Waals surface area contributed by atoms with Crippen LogP contribution in [0.4, 0.5) is 10.1 Å². The van der Waals surface area contributed by atoms with Crippen LogP contribution in [-0.2, 0) is 0 Å². The second-order valence-corrected chi connectivity index (χ2v) is 8.63. The summed E-state index contributed by atoms with van der Waals surface area (Å²) in [7, 11) is 3.04. The van der Waals surface area contributed by atoms with Gasteiger partial charge in [-0.05, 0) is 54.7 Å². The first-order valence-corrected chi connectivity index (χ1v) is 11.5. The van der Waals surface area contributed by atoms with Gasteiger partial charge < -0.3 is 19.5 Å². The van der Waals surface area contributed by atoms with E-state index in [0.717, 1.165) is 0 Å². The van der Waals surface area contributed by atoms with Crippen molar-refractivity contribution >= 4 is 63.0 Å². The topological polar surface area (TPSA) is 81.7 Å². The summed E-state index contributed by atoms with van der Waals surface area (Å²) in [4.78, 5) is 16.7. The summed E-state index contributed by atoms with van der Waals surface area (Å²) in [5.41, 5.74) is 1.12. The SMILES string of the molecule is COc1cc2nccc(Oc3ccc(NC(=S)NC(=O)c4cc(Cl)cc(Cl)c4)cc3F)c2cc1OC. The Morgan fingerprint density at radius 2 is 1.61 bits per heavy atom. The van der Waals surface area contributed by atoms with Crippen molar-refractivity contribution in [3.05, 3.63) is 82.2 Å². The number of hydrogen-bond donors (Lipinski definition) is 2. The lowest BCUT2D eigenvalue weighted by atomic mass is 10.2. The number of ether oxygens (including phenoxy) is 3. The normalized spacial score (nSPS) is 10.6. The van der Waals surface area contributed by atoms with Gasteiger partial charge >= 0.3 is 0 Å². The number of benzene rings is 3. The lowest BCUT2D eigenvalue weighted by Crippen LogP contribution is -2.34. The van der Waals surface area contributed by atoms with E-state index in [9.17, 15) is 9.18 Å². The highest BCUT2D eigenvalue weighted by atomic mass is 35.5. The van der Waals surface area contributed by atoms with Gasteiger partial charge in [0, 0.05) is 45.0 Å². The number of carbonyl (C=O) groups excluding carboxylic acids is 1. The Balaban J connectivity index is 1.49. The van der Waals surface area contributed by atoms with Gasteiger partial charge in [-0.1, -0.05) is 23.2 Å². The fraction of sp³-hybridized carbons (Fsp3) is 0.0800. The summed E-state index contributed by atoms with van der Waals surface area (Å²) in [5.74, 6) is 0.182. The maximum absolute atomic E-state index is 14.9. The average Bonchev–Trinajstić information content (AvgIpc) is 2.84. The smallest absolute Gasteiger partial charge is 0.257 e. The van der Waals surface area contributed by atoms with Crippen LogP contribution in [0.1, 0.15) is 10.4 Å². The zero-order valence-corrected chi connectivity index (χ0v) is 21.2. The highest BCUT2D eigenvalue weighted by Gasteiger charge is 2.14. The number of rotatable bonds is 6. The number of fused-ring (bicyclic) bond motifs is 1. The molecule has 1 amide bonds. The maximum atomic E-state index is 14.9. The van der Waals surface area contributed by atoms with E-state index in [-0.39, 0.29) is 16.4 Å². The fourth-order valence-electron chi connectivity index (χ4n) is 3.34. The Labute approximate surface area is 221 Å². The van der Waals surface area contributed by atoms with Gasteiger partial charge in [0.1, 0.15) is 5.75 Å². The number of halogens is 3. The third kappa shape index (κ3) is 5.76. The first kappa shape index (κ1) is 25.4. The summed E-state index contributed by atoms with van der Waals surface area (Å²) in [6.45, 7) is 0. The molecule has 7 nitrogen and oxygen atoms in total. The van der Waals surface area contributed by atoms with Crippen LogP contribution in [0.5, 0.6) is 23.0 Å². The molecule has 3 aromatic carbocycles. The zero-order valence-electron chi connectivity index (χ0n) is 18.9. The molecule has 0 saturated carbocycles. The third-order valence-electron chi connectivity index (χ3n) is 4.97. The van der Waals surface area contributed by atoms with Crippen molar-refractivity contribution in [2.75, 3.05) is 19.5 Å². The van der Waals surface area contributed by atoms with E-state index in [4.69, 9.17) is 49.6 Å². The number of hydrogen-bond acceptors (Lipinski definition) is 6. The second kappa shape index (κ2) is 10.9. The number of aromatic nitrogens is 1. The standard InChI is InChI=1S/C25H18Cl2FN3O4S/c1-33-22-11-17-19(12-23(22)34-2)29-6-5-20(17)35-21-4-3-16(10-18(21)28)30-25(36)31-24(32)13-7-14(26)9-15(27)8-13/h3-12H,1-2H3,(H2,30,31,32,36). The number of carbonyl (C=O) groups is 1. The quantitative estimate of drug-likeness (QED) is 0.263. The first-order valence-electron chi connectivity index (χ1n) is 10.3. The molecule has 0 spiro atoms. The minimum absolute atomic E-state index is 0.0219. The zero-order chi connectivity index (χ0) is 25.8. The van der Waals surface area contributed by atoms with Crippen LogP contribution < -0.4 is 24.8 Å². The van der Waals surface area contributed by atoms with E-state index < -0.39 is 11.7 Å². The highest BCUT2D eigenvalue weighted by molar-refractivity contribution is 7.80. The molecule has 1 aromatic heterocycles. The molecule has 0 aliphatic rings. The number of nitrogens with zero attached hydrogens (tertiary/aromatic N) is 1. The largest absolute Gasteiger partial charge is 0.493 e. The van der Waals surface area contributed by atoms with Gasteiger partial charge in [0.2, 0.25) is 0 Å². The van der Waals surface area contributed by atoms with Gasteiger partial charge in [-0.3, -0.25) is 15.1 Å². The van der Waals surface area contributed by atoms with E-state index in [2.05, 4.69) is 15.6 Å². The van der Waals surface area contributed by atoms with Crippen molar-refractivity contribution in [3.63, 3.8) is 0 Å². The van der Waals surface area contributed by atoms with Gasteiger partial charge in [0.25, 0.3) is 5.91 Å². The summed E-state index contributed by atoms with van der Waals surface area (Å²) in [6.07, 6.45) is 1.55. The van der Waals surface area contributed by atoms with Gasteiger partial charge in [-0.25, -0.2) is 4.39 Å². The van der Waals surface area contributed by atoms with Crippen LogP contribution >= 0.6 is 35.4 Å². The van der Waals surface area contributed by atoms with Gasteiger partial charge in [0.05, 0.1) is 19.7 Å². The molecule has 0 saturated heterocycles. The molecule has 0 aliphatic carbocycles. The molecule has 0 unspecified atom stereocenters. The third-order valence-corrected chi connectivity index (χ3v) is 5.61. The minimum Gasteiger partial charge on any atom is -0.493 e. The lowest BCUT2D eigenvalue weighted by Gasteiger charge is -2.14. The van der Waals surface area contributed by atoms with E-state index in [1.165, 1.54) is 44.6 Å². The Morgan fingerprint density at radius 3 is 2.28 bits per heavy atom. The molecule has 36 heavy (non-hydrogen) atoms. The van der Waals surface area contributed by atoms with Crippen molar-refractivity contribution in [1.29, 1.82) is 0 Å². The van der Waals surface area contributed by atoms with E-state index >= 15 is 0 Å². The predicted octanol–water partition coefficient (Wildman–Crippen LogP) is 6.62. The summed E-state index contributed by atoms with van der Waals surface area (Å²) in [6, 6.07) is 13.6. The molecule has 11 heteroatoms. The van der Waals surface area contributed by atoms with Crippen LogP contribution in [0.25, 0.3) is 10.9 Å².